The highest BCUT2D eigenvalue weighted by Gasteiger charge is 2.35. The van der Waals surface area contributed by atoms with Crippen LogP contribution >= 0.6 is 22.9 Å². The fourth-order valence-corrected chi connectivity index (χ4v) is 4.94. The average Bonchev–Trinajstić information content (AvgIpc) is 2.98. The molecule has 112 valence electrons. The van der Waals surface area contributed by atoms with Gasteiger partial charge >= 0.3 is 0 Å². The van der Waals surface area contributed by atoms with Crippen molar-refractivity contribution in [2.24, 2.45) is 0 Å². The molecule has 1 aliphatic rings. The third-order valence-corrected chi connectivity index (χ3v) is 6.36. The first-order valence-corrected chi connectivity index (χ1v) is 8.89. The number of hydrogen-bond acceptors (Lipinski definition) is 0. The molecule has 1 aliphatic carbocycles. The Morgan fingerprint density at radius 2 is 1.48 bits per heavy atom. The lowest BCUT2D eigenvalue weighted by molar-refractivity contribution is 0.661. The maximum atomic E-state index is 2.42. The Hall–Kier alpha value is -1.81. The van der Waals surface area contributed by atoms with Crippen LogP contribution in [0.15, 0.2) is 60.7 Å². The molecule has 0 amide bonds. The van der Waals surface area contributed by atoms with E-state index in [9.17, 15) is 0 Å². The third-order valence-electron chi connectivity index (χ3n) is 5.32. The second kappa shape index (κ2) is 4.38. The lowest BCUT2D eigenvalue weighted by atomic mass is 9.82. The van der Waals surface area contributed by atoms with E-state index < -0.39 is 0 Å². The zero-order valence-corrected chi connectivity index (χ0v) is 15.3. The minimum atomic E-state index is 0.0641. The number of nitrogens with zero attached hydrogens (tertiary/aromatic N) is 1. The van der Waals surface area contributed by atoms with E-state index in [1.807, 2.05) is 0 Å². The van der Waals surface area contributed by atoms with Gasteiger partial charge in [0, 0.05) is 16.2 Å². The van der Waals surface area contributed by atoms with Crippen LogP contribution in [-0.2, 0) is 5.41 Å². The summed E-state index contributed by atoms with van der Waals surface area (Å²) in [6.45, 7) is 4.68. The molecule has 0 spiro atoms. The van der Waals surface area contributed by atoms with Crippen LogP contribution < -0.4 is 0 Å². The quantitative estimate of drug-likeness (QED) is 0.301. The number of rotatable bonds is 0. The highest BCUT2D eigenvalue weighted by atomic mass is 127. The van der Waals surface area contributed by atoms with Crippen LogP contribution in [0.3, 0.4) is 0 Å². The first kappa shape index (κ1) is 13.6. The van der Waals surface area contributed by atoms with Crippen molar-refractivity contribution in [2.75, 3.05) is 0 Å². The van der Waals surface area contributed by atoms with Crippen LogP contribution in [0.5, 0.6) is 0 Å². The Kier molecular flexibility index (Phi) is 2.59. The lowest BCUT2D eigenvalue weighted by Crippen LogP contribution is -2.14. The van der Waals surface area contributed by atoms with Gasteiger partial charge in [0.05, 0.1) is 33.9 Å². The van der Waals surface area contributed by atoms with Gasteiger partial charge in [0.2, 0.25) is 0 Å². The molecule has 1 heterocycles. The van der Waals surface area contributed by atoms with Crippen molar-refractivity contribution in [2.45, 2.75) is 19.3 Å². The highest BCUT2D eigenvalue weighted by molar-refractivity contribution is 14.1. The second-order valence-corrected chi connectivity index (χ2v) is 7.85. The molecule has 0 aliphatic heterocycles. The largest absolute Gasteiger partial charge is 0.282 e. The number of para-hydroxylation sites is 1. The Labute approximate surface area is 149 Å². The van der Waals surface area contributed by atoms with Crippen LogP contribution in [0.2, 0.25) is 0 Å². The van der Waals surface area contributed by atoms with Gasteiger partial charge in [-0.1, -0.05) is 56.3 Å². The summed E-state index contributed by atoms with van der Waals surface area (Å²) < 4.78 is 2.29. The summed E-state index contributed by atoms with van der Waals surface area (Å²) in [6, 6.07) is 22.3. The van der Waals surface area contributed by atoms with Crippen molar-refractivity contribution in [1.29, 1.82) is 0 Å². The second-order valence-electron chi connectivity index (χ2n) is 6.88. The predicted octanol–water partition coefficient (Wildman–Crippen LogP) is 6.30. The molecule has 1 aromatic heterocycles. The first-order chi connectivity index (χ1) is 11.1. The van der Waals surface area contributed by atoms with Crippen LogP contribution in [0.25, 0.3) is 32.9 Å². The monoisotopic (exact) mass is 409 g/mol. The molecule has 2 heteroatoms. The summed E-state index contributed by atoms with van der Waals surface area (Å²) in [4.78, 5) is 0. The van der Waals surface area contributed by atoms with E-state index in [0.717, 1.165) is 0 Å². The van der Waals surface area contributed by atoms with E-state index in [-0.39, 0.29) is 5.41 Å². The molecule has 0 N–H and O–H groups in total. The number of hydrogen-bond donors (Lipinski definition) is 0. The smallest absolute Gasteiger partial charge is 0.0646 e. The lowest BCUT2D eigenvalue weighted by Gasteiger charge is -2.21. The van der Waals surface area contributed by atoms with E-state index in [2.05, 4.69) is 100 Å². The molecular weight excluding hydrogens is 393 g/mol. The van der Waals surface area contributed by atoms with Crippen molar-refractivity contribution in [3.63, 3.8) is 0 Å². The maximum absolute atomic E-state index is 2.42. The molecule has 0 radical (unpaired) electrons. The zero-order chi connectivity index (χ0) is 15.8. The normalized spacial score (nSPS) is 15.1. The molecule has 5 rings (SSSR count). The van der Waals surface area contributed by atoms with Gasteiger partial charge in [-0.3, -0.25) is 2.78 Å². The van der Waals surface area contributed by atoms with E-state index in [4.69, 9.17) is 0 Å². The standard InChI is InChI=1S/C21H16IN/c1-21(2)17-9-5-3-7-13(17)15-12-20-16(11-18(15)21)14-8-4-6-10-19(14)23(20)22/h3-12H,1-2H3. The Morgan fingerprint density at radius 3 is 2.35 bits per heavy atom. The molecule has 0 saturated heterocycles. The molecule has 23 heavy (non-hydrogen) atoms. The molecular formula is C21H16IN. The van der Waals surface area contributed by atoms with Gasteiger partial charge in [0.25, 0.3) is 0 Å². The Morgan fingerprint density at radius 1 is 0.739 bits per heavy atom. The predicted molar refractivity (Wildman–Crippen MR) is 106 cm³/mol. The zero-order valence-electron chi connectivity index (χ0n) is 13.1. The van der Waals surface area contributed by atoms with Crippen LogP contribution in [-0.4, -0.2) is 2.78 Å². The van der Waals surface area contributed by atoms with Crippen LogP contribution in [0.1, 0.15) is 25.0 Å². The molecule has 0 bridgehead atoms. The number of fused-ring (bicyclic) bond motifs is 6. The van der Waals surface area contributed by atoms with E-state index in [1.165, 1.54) is 44.1 Å². The number of aromatic nitrogens is 1. The minimum Gasteiger partial charge on any atom is -0.282 e. The van der Waals surface area contributed by atoms with Crippen molar-refractivity contribution in [3.05, 3.63) is 71.8 Å². The number of halogens is 1. The fraction of sp³-hybridized carbons (Fsp3) is 0.143. The average molecular weight is 409 g/mol. The molecule has 4 aromatic rings. The molecule has 3 aromatic carbocycles. The minimum absolute atomic E-state index is 0.0641. The molecule has 1 nitrogen and oxygen atoms in total. The third kappa shape index (κ3) is 1.62. The van der Waals surface area contributed by atoms with Crippen molar-refractivity contribution >= 4 is 44.7 Å². The SMILES string of the molecule is CC1(C)c2ccccc2-c2cc3c(cc21)c1ccccc1n3I. The van der Waals surface area contributed by atoms with Crippen molar-refractivity contribution < 1.29 is 0 Å². The van der Waals surface area contributed by atoms with E-state index >= 15 is 0 Å². The van der Waals surface area contributed by atoms with Gasteiger partial charge in [-0.25, -0.2) is 0 Å². The maximum Gasteiger partial charge on any atom is 0.0646 e. The summed E-state index contributed by atoms with van der Waals surface area (Å²) in [5.74, 6) is 0. The van der Waals surface area contributed by atoms with Gasteiger partial charge in [-0.05, 0) is 40.5 Å². The number of benzene rings is 3. The summed E-state index contributed by atoms with van der Waals surface area (Å²) in [7, 11) is 0. The fourth-order valence-electron chi connectivity index (χ4n) is 4.12. The molecule has 0 fully saturated rings. The molecule has 0 atom stereocenters. The summed E-state index contributed by atoms with van der Waals surface area (Å²) in [5, 5.41) is 2.70. The van der Waals surface area contributed by atoms with E-state index in [0.29, 0.717) is 0 Å². The first-order valence-electron chi connectivity index (χ1n) is 7.93. The Bertz CT molecular complexity index is 1100. The van der Waals surface area contributed by atoms with Gasteiger partial charge < -0.3 is 0 Å². The van der Waals surface area contributed by atoms with Gasteiger partial charge in [-0.15, -0.1) is 0 Å². The summed E-state index contributed by atoms with van der Waals surface area (Å²) >= 11 is 2.42. The summed E-state index contributed by atoms with van der Waals surface area (Å²) in [6.07, 6.45) is 0. The Balaban J connectivity index is 1.98. The van der Waals surface area contributed by atoms with Gasteiger partial charge in [0.1, 0.15) is 0 Å². The van der Waals surface area contributed by atoms with Gasteiger partial charge in [-0.2, -0.15) is 0 Å². The molecule has 0 saturated carbocycles. The van der Waals surface area contributed by atoms with Crippen molar-refractivity contribution in [3.8, 4) is 11.1 Å². The van der Waals surface area contributed by atoms with Crippen LogP contribution in [0, 0.1) is 0 Å². The van der Waals surface area contributed by atoms with Gasteiger partial charge in [0.15, 0.2) is 0 Å². The van der Waals surface area contributed by atoms with Crippen LogP contribution in [0.4, 0.5) is 0 Å². The highest BCUT2D eigenvalue weighted by Crippen LogP contribution is 2.50. The van der Waals surface area contributed by atoms with Crippen molar-refractivity contribution in [1.82, 2.24) is 2.78 Å². The van der Waals surface area contributed by atoms with E-state index in [1.54, 1.807) is 0 Å². The topological polar surface area (TPSA) is 4.93 Å². The molecule has 0 unspecified atom stereocenters. The summed E-state index contributed by atoms with van der Waals surface area (Å²) in [5.41, 5.74) is 8.31.